The summed E-state index contributed by atoms with van der Waals surface area (Å²) in [6.07, 6.45) is 2.44. The molecule has 1 fully saturated rings. The third-order valence-corrected chi connectivity index (χ3v) is 3.28. The number of likely N-dealkylation sites (tertiary alicyclic amines) is 1. The third-order valence-electron chi connectivity index (χ3n) is 3.28. The molecular formula is C14H22N2O. The second kappa shape index (κ2) is 5.92. The van der Waals surface area contributed by atoms with Crippen molar-refractivity contribution in [2.24, 2.45) is 5.92 Å². The molecule has 0 radical (unpaired) electrons. The van der Waals surface area contributed by atoms with Crippen LogP contribution in [0.3, 0.4) is 0 Å². The van der Waals surface area contributed by atoms with E-state index >= 15 is 0 Å². The molecule has 0 spiro atoms. The van der Waals surface area contributed by atoms with Crippen molar-refractivity contribution in [1.82, 2.24) is 4.90 Å². The van der Waals surface area contributed by atoms with Crippen molar-refractivity contribution < 1.29 is 4.74 Å². The molecule has 1 saturated heterocycles. The average molecular weight is 234 g/mol. The second-order valence-corrected chi connectivity index (χ2v) is 4.97. The molecule has 1 atom stereocenters. The molecule has 1 heterocycles. The summed E-state index contributed by atoms with van der Waals surface area (Å²) in [4.78, 5) is 2.52. The zero-order valence-corrected chi connectivity index (χ0v) is 10.6. The number of ether oxygens (including phenoxy) is 1. The van der Waals surface area contributed by atoms with Gasteiger partial charge in [0.25, 0.3) is 0 Å². The molecule has 2 N–H and O–H groups in total. The van der Waals surface area contributed by atoms with Gasteiger partial charge in [0.05, 0.1) is 6.61 Å². The van der Waals surface area contributed by atoms with E-state index in [1.807, 2.05) is 24.3 Å². The van der Waals surface area contributed by atoms with Crippen molar-refractivity contribution in [2.75, 3.05) is 32.0 Å². The van der Waals surface area contributed by atoms with Gasteiger partial charge in [-0.2, -0.15) is 0 Å². The van der Waals surface area contributed by atoms with Gasteiger partial charge in [-0.25, -0.2) is 0 Å². The first-order chi connectivity index (χ1) is 8.24. The molecule has 0 bridgehead atoms. The summed E-state index contributed by atoms with van der Waals surface area (Å²) in [5.41, 5.74) is 6.40. The number of rotatable bonds is 5. The molecule has 0 aliphatic carbocycles. The predicted octanol–water partition coefficient (Wildman–Crippen LogP) is 2.38. The number of hydrogen-bond donors (Lipinski definition) is 1. The van der Waals surface area contributed by atoms with E-state index in [1.54, 1.807) is 0 Å². The van der Waals surface area contributed by atoms with E-state index in [0.29, 0.717) is 0 Å². The van der Waals surface area contributed by atoms with Gasteiger partial charge in [-0.05, 0) is 49.6 Å². The molecule has 94 valence electrons. The molecule has 0 aromatic heterocycles. The molecule has 1 aliphatic heterocycles. The van der Waals surface area contributed by atoms with Crippen LogP contribution in [0.5, 0.6) is 5.75 Å². The molecule has 1 aromatic carbocycles. The summed E-state index contributed by atoms with van der Waals surface area (Å²) in [6.45, 7) is 6.77. The Hall–Kier alpha value is -1.22. The van der Waals surface area contributed by atoms with E-state index in [4.69, 9.17) is 10.5 Å². The normalized spacial score (nSPS) is 20.6. The summed E-state index contributed by atoms with van der Waals surface area (Å²) in [5.74, 6) is 1.78. The third kappa shape index (κ3) is 3.93. The highest BCUT2D eigenvalue weighted by Crippen LogP contribution is 2.16. The van der Waals surface area contributed by atoms with Crippen LogP contribution in [0.15, 0.2) is 24.3 Å². The molecule has 2 rings (SSSR count). The maximum absolute atomic E-state index is 5.67. The lowest BCUT2D eigenvalue weighted by Gasteiger charge is -2.15. The van der Waals surface area contributed by atoms with Gasteiger partial charge in [0.15, 0.2) is 0 Å². The topological polar surface area (TPSA) is 38.5 Å². The van der Waals surface area contributed by atoms with Gasteiger partial charge in [0.2, 0.25) is 0 Å². The minimum atomic E-state index is 0.781. The molecule has 3 nitrogen and oxygen atoms in total. The molecule has 17 heavy (non-hydrogen) atoms. The van der Waals surface area contributed by atoms with E-state index < -0.39 is 0 Å². The fourth-order valence-electron chi connectivity index (χ4n) is 2.27. The number of nitrogens with zero attached hydrogens (tertiary/aromatic N) is 1. The van der Waals surface area contributed by atoms with Crippen molar-refractivity contribution in [3.8, 4) is 5.75 Å². The van der Waals surface area contributed by atoms with E-state index in [0.717, 1.165) is 36.9 Å². The average Bonchev–Trinajstić information content (AvgIpc) is 2.73. The number of benzene rings is 1. The van der Waals surface area contributed by atoms with Crippen LogP contribution in [0, 0.1) is 5.92 Å². The predicted molar refractivity (Wildman–Crippen MR) is 71.2 cm³/mol. The number of nitrogens with two attached hydrogens (primary N) is 1. The lowest BCUT2D eigenvalue weighted by atomic mass is 10.2. The molecular weight excluding hydrogens is 212 g/mol. The summed E-state index contributed by atoms with van der Waals surface area (Å²) in [6, 6.07) is 7.59. The number of anilines is 1. The van der Waals surface area contributed by atoms with Gasteiger partial charge < -0.3 is 15.4 Å². The summed E-state index contributed by atoms with van der Waals surface area (Å²) < 4.78 is 5.67. The highest BCUT2D eigenvalue weighted by molar-refractivity contribution is 5.41. The molecule has 3 heteroatoms. The van der Waals surface area contributed by atoms with Crippen molar-refractivity contribution >= 4 is 5.69 Å². The Morgan fingerprint density at radius 1 is 1.35 bits per heavy atom. The maximum Gasteiger partial charge on any atom is 0.119 e. The van der Waals surface area contributed by atoms with Gasteiger partial charge >= 0.3 is 0 Å². The van der Waals surface area contributed by atoms with Gasteiger partial charge in [-0.15, -0.1) is 0 Å². The monoisotopic (exact) mass is 234 g/mol. The van der Waals surface area contributed by atoms with Crippen LogP contribution in [0.25, 0.3) is 0 Å². The first kappa shape index (κ1) is 12.2. The second-order valence-electron chi connectivity index (χ2n) is 4.97. The Balaban J connectivity index is 1.61. The molecule has 1 unspecified atom stereocenters. The van der Waals surface area contributed by atoms with Gasteiger partial charge in [0.1, 0.15) is 5.75 Å². The molecule has 0 saturated carbocycles. The standard InChI is InChI=1S/C14H22N2O/c1-12-7-9-16(11-12)8-2-10-17-14-5-3-13(15)4-6-14/h3-6,12H,2,7-11,15H2,1H3. The summed E-state index contributed by atoms with van der Waals surface area (Å²) >= 11 is 0. The van der Waals surface area contributed by atoms with Crippen molar-refractivity contribution in [2.45, 2.75) is 19.8 Å². The first-order valence-electron chi connectivity index (χ1n) is 6.45. The first-order valence-corrected chi connectivity index (χ1v) is 6.45. The zero-order chi connectivity index (χ0) is 12.1. The fourth-order valence-corrected chi connectivity index (χ4v) is 2.27. The van der Waals surface area contributed by atoms with Crippen LogP contribution in [0.4, 0.5) is 5.69 Å². The molecule has 1 aromatic rings. The van der Waals surface area contributed by atoms with Gasteiger partial charge in [-0.1, -0.05) is 6.92 Å². The van der Waals surface area contributed by atoms with Crippen molar-refractivity contribution in [1.29, 1.82) is 0 Å². The van der Waals surface area contributed by atoms with E-state index in [-0.39, 0.29) is 0 Å². The van der Waals surface area contributed by atoms with Crippen LogP contribution in [-0.4, -0.2) is 31.1 Å². The van der Waals surface area contributed by atoms with E-state index in [9.17, 15) is 0 Å². The highest BCUT2D eigenvalue weighted by Gasteiger charge is 2.17. The minimum Gasteiger partial charge on any atom is -0.494 e. The maximum atomic E-state index is 5.67. The lowest BCUT2D eigenvalue weighted by Crippen LogP contribution is -2.22. The largest absolute Gasteiger partial charge is 0.494 e. The van der Waals surface area contributed by atoms with Crippen LogP contribution in [-0.2, 0) is 0 Å². The molecule has 0 amide bonds. The minimum absolute atomic E-state index is 0.781. The van der Waals surface area contributed by atoms with Crippen LogP contribution < -0.4 is 10.5 Å². The Labute approximate surface area is 104 Å². The van der Waals surface area contributed by atoms with Gasteiger partial charge in [-0.3, -0.25) is 0 Å². The SMILES string of the molecule is CC1CCN(CCCOc2ccc(N)cc2)C1. The number of hydrogen-bond acceptors (Lipinski definition) is 3. The Bertz CT molecular complexity index is 337. The smallest absolute Gasteiger partial charge is 0.119 e. The Kier molecular flexibility index (Phi) is 4.26. The number of nitrogen functional groups attached to an aromatic ring is 1. The van der Waals surface area contributed by atoms with Crippen LogP contribution >= 0.6 is 0 Å². The summed E-state index contributed by atoms with van der Waals surface area (Å²) in [7, 11) is 0. The van der Waals surface area contributed by atoms with E-state index in [1.165, 1.54) is 19.5 Å². The molecule has 1 aliphatic rings. The summed E-state index contributed by atoms with van der Waals surface area (Å²) in [5, 5.41) is 0. The highest BCUT2D eigenvalue weighted by atomic mass is 16.5. The fraction of sp³-hybridized carbons (Fsp3) is 0.571. The zero-order valence-electron chi connectivity index (χ0n) is 10.6. The van der Waals surface area contributed by atoms with Crippen LogP contribution in [0.2, 0.25) is 0 Å². The Morgan fingerprint density at radius 3 is 2.76 bits per heavy atom. The van der Waals surface area contributed by atoms with Gasteiger partial charge in [0, 0.05) is 18.8 Å². The lowest BCUT2D eigenvalue weighted by molar-refractivity contribution is 0.259. The van der Waals surface area contributed by atoms with Crippen molar-refractivity contribution in [3.63, 3.8) is 0 Å². The quantitative estimate of drug-likeness (QED) is 0.628. The van der Waals surface area contributed by atoms with E-state index in [2.05, 4.69) is 11.8 Å². The Morgan fingerprint density at radius 2 is 2.12 bits per heavy atom. The van der Waals surface area contributed by atoms with Crippen LogP contribution in [0.1, 0.15) is 19.8 Å². The van der Waals surface area contributed by atoms with Crippen molar-refractivity contribution in [3.05, 3.63) is 24.3 Å².